The van der Waals surface area contributed by atoms with Gasteiger partial charge in [-0.05, 0) is 50.5 Å². The molecule has 1 aromatic heterocycles. The summed E-state index contributed by atoms with van der Waals surface area (Å²) in [6, 6.07) is 14.6. The number of halogens is 1. The van der Waals surface area contributed by atoms with Crippen LogP contribution in [0.2, 0.25) is 5.02 Å². The van der Waals surface area contributed by atoms with Crippen LogP contribution in [-0.4, -0.2) is 91.5 Å². The van der Waals surface area contributed by atoms with Crippen LogP contribution in [0, 0.1) is 11.3 Å². The summed E-state index contributed by atoms with van der Waals surface area (Å²) in [5.41, 5.74) is 3.06. The molecule has 6 rings (SSSR count). The molecule has 0 radical (unpaired) electrons. The van der Waals surface area contributed by atoms with Gasteiger partial charge in [0.05, 0.1) is 24.2 Å². The van der Waals surface area contributed by atoms with E-state index in [0.29, 0.717) is 44.7 Å². The molecule has 3 aliphatic rings. The molecule has 2 saturated heterocycles. The van der Waals surface area contributed by atoms with Gasteiger partial charge in [-0.3, -0.25) is 4.90 Å². The number of benzene rings is 2. The van der Waals surface area contributed by atoms with Crippen LogP contribution in [0.1, 0.15) is 42.1 Å². The monoisotopic (exact) mass is 635 g/mol. The number of likely N-dealkylation sites (tertiary alicyclic amines) is 1. The van der Waals surface area contributed by atoms with Gasteiger partial charge in [-0.15, -0.1) is 0 Å². The lowest BCUT2D eigenvalue weighted by atomic mass is 9.90. The van der Waals surface area contributed by atoms with Gasteiger partial charge in [-0.25, -0.2) is 8.42 Å². The molecular formula is C32H38ClN7O3S. The quantitative estimate of drug-likeness (QED) is 0.357. The maximum absolute atomic E-state index is 12.8. The zero-order chi connectivity index (χ0) is 31.0. The van der Waals surface area contributed by atoms with E-state index in [-0.39, 0.29) is 19.0 Å². The van der Waals surface area contributed by atoms with Crippen LogP contribution < -0.4 is 9.64 Å². The van der Waals surface area contributed by atoms with E-state index in [1.807, 2.05) is 12.1 Å². The number of hydrogen-bond acceptors (Lipinski definition) is 9. The van der Waals surface area contributed by atoms with E-state index in [9.17, 15) is 13.7 Å². The molecule has 10 nitrogen and oxygen atoms in total. The average Bonchev–Trinajstić information content (AvgIpc) is 3.43. The van der Waals surface area contributed by atoms with Crippen molar-refractivity contribution in [1.29, 1.82) is 5.26 Å². The Balaban J connectivity index is 1.38. The topological polar surface area (TPSA) is 106 Å². The lowest BCUT2D eigenvalue weighted by Crippen LogP contribution is -2.55. The minimum atomic E-state index is -3.68. The van der Waals surface area contributed by atoms with E-state index < -0.39 is 16.1 Å². The highest BCUT2D eigenvalue weighted by molar-refractivity contribution is 7.92. The Morgan fingerprint density at radius 1 is 1.11 bits per heavy atom. The first-order valence-electron chi connectivity index (χ1n) is 15.1. The molecule has 3 atom stereocenters. The Morgan fingerprint density at radius 2 is 1.91 bits per heavy atom. The molecule has 0 bridgehead atoms. The van der Waals surface area contributed by atoms with Crippen LogP contribution in [0.15, 0.2) is 48.4 Å². The summed E-state index contributed by atoms with van der Waals surface area (Å²) in [4.78, 5) is 16.6. The average molecular weight is 636 g/mol. The molecular weight excluding hydrogens is 598 g/mol. The zero-order valence-electron chi connectivity index (χ0n) is 25.2. The van der Waals surface area contributed by atoms with Crippen molar-refractivity contribution in [1.82, 2.24) is 24.1 Å². The molecule has 44 heavy (non-hydrogen) atoms. The lowest BCUT2D eigenvalue weighted by Gasteiger charge is -2.42. The molecule has 0 aliphatic carbocycles. The number of piperazine rings is 1. The standard InChI is InChI=1S/C32H38ClN7O3S/c1-4-44(41,42)40-17-16-39(19-23(40)13-14-34)31-26-20-38(3)29(25-11-5-8-22-9-6-12-27(33)30(22)25)18-28(26)35-32(36-31)43-21-24-10-7-15-37(24)2/h4-6,8-9,11-12,23-24,29H,1,7,10,13,15-21H2,2-3H3/t23-,24-,29?/m0/s1. The van der Waals surface area contributed by atoms with Gasteiger partial charge in [-0.2, -0.15) is 19.5 Å². The Labute approximate surface area is 264 Å². The molecule has 2 aromatic carbocycles. The first kappa shape index (κ1) is 30.7. The van der Waals surface area contributed by atoms with Crippen LogP contribution >= 0.6 is 11.6 Å². The van der Waals surface area contributed by atoms with E-state index in [4.69, 9.17) is 26.3 Å². The molecule has 232 valence electrons. The smallest absolute Gasteiger partial charge is 0.318 e. The van der Waals surface area contributed by atoms with Gasteiger partial charge in [-0.1, -0.05) is 48.5 Å². The Kier molecular flexibility index (Phi) is 8.81. The normalized spacial score (nSPS) is 23.4. The number of anilines is 1. The number of aromatic nitrogens is 2. The summed E-state index contributed by atoms with van der Waals surface area (Å²) < 4.78 is 33.2. The Morgan fingerprint density at radius 3 is 2.64 bits per heavy atom. The summed E-state index contributed by atoms with van der Waals surface area (Å²) in [5.74, 6) is 0.740. The molecule has 3 aromatic rings. The number of rotatable bonds is 8. The number of sulfonamides is 1. The van der Waals surface area contributed by atoms with Crippen LogP contribution in [0.25, 0.3) is 10.8 Å². The first-order chi connectivity index (χ1) is 21.2. The predicted molar refractivity (Wildman–Crippen MR) is 172 cm³/mol. The molecule has 12 heteroatoms. The van der Waals surface area contributed by atoms with E-state index >= 15 is 0 Å². The van der Waals surface area contributed by atoms with E-state index in [0.717, 1.165) is 63.2 Å². The van der Waals surface area contributed by atoms with Gasteiger partial charge < -0.3 is 14.5 Å². The minimum Gasteiger partial charge on any atom is -0.462 e. The van der Waals surface area contributed by atoms with Gasteiger partial charge in [0.2, 0.25) is 10.0 Å². The summed E-state index contributed by atoms with van der Waals surface area (Å²) in [7, 11) is 0.534. The fourth-order valence-electron chi connectivity index (χ4n) is 6.89. The second-order valence-electron chi connectivity index (χ2n) is 11.9. The second-order valence-corrected chi connectivity index (χ2v) is 14.2. The lowest BCUT2D eigenvalue weighted by molar-refractivity contribution is 0.183. The molecule has 0 spiro atoms. The summed E-state index contributed by atoms with van der Waals surface area (Å²) in [5, 5.41) is 13.4. The van der Waals surface area contributed by atoms with Gasteiger partial charge in [0, 0.05) is 66.1 Å². The molecule has 0 N–H and O–H groups in total. The van der Waals surface area contributed by atoms with Gasteiger partial charge in [0.15, 0.2) is 0 Å². The van der Waals surface area contributed by atoms with Crippen molar-refractivity contribution < 1.29 is 13.2 Å². The Hall–Kier alpha value is -3.27. The number of hydrogen-bond donors (Lipinski definition) is 0. The number of ether oxygens (including phenoxy) is 1. The zero-order valence-corrected chi connectivity index (χ0v) is 26.8. The molecule has 0 saturated carbocycles. The first-order valence-corrected chi connectivity index (χ1v) is 16.9. The Bertz CT molecular complexity index is 1710. The molecule has 1 unspecified atom stereocenters. The van der Waals surface area contributed by atoms with E-state index in [1.54, 1.807) is 0 Å². The third kappa shape index (κ3) is 5.89. The van der Waals surface area contributed by atoms with Crippen molar-refractivity contribution in [3.05, 3.63) is 70.2 Å². The number of fused-ring (bicyclic) bond motifs is 2. The minimum absolute atomic E-state index is 0.0311. The molecule has 3 aliphatic heterocycles. The van der Waals surface area contributed by atoms with Crippen LogP contribution in [-0.2, 0) is 23.0 Å². The third-order valence-corrected chi connectivity index (χ3v) is 11.2. The maximum atomic E-state index is 12.8. The fraction of sp³-hybridized carbons (Fsp3) is 0.469. The molecule has 4 heterocycles. The predicted octanol–water partition coefficient (Wildman–Crippen LogP) is 4.36. The highest BCUT2D eigenvalue weighted by Crippen LogP contribution is 2.40. The number of likely N-dealkylation sites (N-methyl/N-ethyl adjacent to an activating group) is 2. The van der Waals surface area contributed by atoms with Gasteiger partial charge >= 0.3 is 6.01 Å². The molecule has 0 amide bonds. The fourth-order valence-corrected chi connectivity index (χ4v) is 8.27. The highest BCUT2D eigenvalue weighted by atomic mass is 35.5. The van der Waals surface area contributed by atoms with E-state index in [2.05, 4.69) is 65.7 Å². The SMILES string of the molecule is C=CS(=O)(=O)N1CCN(c2nc(OC[C@@H]3CCCN3C)nc3c2CN(C)C(c2cccc4cccc(Cl)c24)C3)C[C@@H]1CC#N. The number of nitriles is 1. The maximum Gasteiger partial charge on any atom is 0.318 e. The van der Waals surface area contributed by atoms with Gasteiger partial charge in [0.1, 0.15) is 12.4 Å². The van der Waals surface area contributed by atoms with Crippen molar-refractivity contribution in [2.45, 2.75) is 50.4 Å². The van der Waals surface area contributed by atoms with Crippen molar-refractivity contribution >= 4 is 38.2 Å². The second kappa shape index (κ2) is 12.6. The summed E-state index contributed by atoms with van der Waals surface area (Å²) >= 11 is 6.74. The largest absolute Gasteiger partial charge is 0.462 e. The van der Waals surface area contributed by atoms with Crippen LogP contribution in [0.5, 0.6) is 6.01 Å². The third-order valence-electron chi connectivity index (χ3n) is 9.29. The summed E-state index contributed by atoms with van der Waals surface area (Å²) in [6.45, 7) is 6.62. The number of nitrogens with zero attached hydrogens (tertiary/aromatic N) is 7. The van der Waals surface area contributed by atoms with E-state index in [1.165, 1.54) is 4.31 Å². The van der Waals surface area contributed by atoms with Crippen LogP contribution in [0.4, 0.5) is 5.82 Å². The van der Waals surface area contributed by atoms with Crippen molar-refractivity contribution in [2.75, 3.05) is 51.8 Å². The highest BCUT2D eigenvalue weighted by Gasteiger charge is 2.37. The van der Waals surface area contributed by atoms with Crippen molar-refractivity contribution in [2.24, 2.45) is 0 Å². The summed E-state index contributed by atoms with van der Waals surface area (Å²) in [6.07, 6.45) is 2.91. The van der Waals surface area contributed by atoms with Crippen LogP contribution in [0.3, 0.4) is 0 Å². The molecule has 2 fully saturated rings. The van der Waals surface area contributed by atoms with Gasteiger partial charge in [0.25, 0.3) is 0 Å². The van der Waals surface area contributed by atoms with Crippen molar-refractivity contribution in [3.8, 4) is 12.1 Å². The van der Waals surface area contributed by atoms with Crippen molar-refractivity contribution in [3.63, 3.8) is 0 Å².